The molecule has 2 aliphatic rings. The summed E-state index contributed by atoms with van der Waals surface area (Å²) in [5.74, 6) is 1.34. The van der Waals surface area contributed by atoms with E-state index < -0.39 is 0 Å². The Morgan fingerprint density at radius 2 is 1.71 bits per heavy atom. The summed E-state index contributed by atoms with van der Waals surface area (Å²) in [6.45, 7) is 11.6. The third-order valence-electron chi connectivity index (χ3n) is 6.73. The number of aromatic nitrogens is 1. The number of anilines is 2. The van der Waals surface area contributed by atoms with Gasteiger partial charge in [-0.3, -0.25) is 4.79 Å². The Morgan fingerprint density at radius 3 is 2.39 bits per heavy atom. The van der Waals surface area contributed by atoms with Gasteiger partial charge in [-0.25, -0.2) is 4.98 Å². The topological polar surface area (TPSA) is 39.7 Å². The minimum absolute atomic E-state index is 0.0199. The number of carbonyl (C=O) groups is 1. The number of nitrogens with zero attached hydrogens (tertiary/aromatic N) is 4. The van der Waals surface area contributed by atoms with Gasteiger partial charge >= 0.3 is 0 Å². The minimum Gasteiger partial charge on any atom is -0.354 e. The van der Waals surface area contributed by atoms with Gasteiger partial charge in [0.05, 0.1) is 0 Å². The van der Waals surface area contributed by atoms with Crippen LogP contribution < -0.4 is 9.80 Å². The lowest BCUT2D eigenvalue weighted by molar-refractivity contribution is -0.123. The van der Waals surface area contributed by atoms with Crippen LogP contribution in [0.3, 0.4) is 0 Å². The molecule has 1 aromatic carbocycles. The molecule has 2 fully saturated rings. The van der Waals surface area contributed by atoms with Crippen LogP contribution in [0.25, 0.3) is 0 Å². The van der Waals surface area contributed by atoms with Crippen LogP contribution in [0.2, 0.25) is 0 Å². The number of hydrogen-bond donors (Lipinski definition) is 0. The van der Waals surface area contributed by atoms with Crippen molar-refractivity contribution >= 4 is 17.4 Å². The van der Waals surface area contributed by atoms with Crippen LogP contribution in [0, 0.1) is 5.92 Å². The molecule has 2 saturated heterocycles. The molecule has 0 N–H and O–H groups in total. The standard InChI is InChI=1S/C26H36N4O/c1-26(2,3)22-9-11-23(12-10-22)30-14-6-8-21(25(30)31)19-20-7-5-13-27-24(20)29-17-15-28(4)16-18-29/h5,7,9-13,21H,6,8,14-19H2,1-4H3. The first kappa shape index (κ1) is 21.8. The quantitative estimate of drug-likeness (QED) is 0.746. The Balaban J connectivity index is 1.49. The molecule has 0 spiro atoms. The second-order valence-corrected chi connectivity index (χ2v) is 10.1. The predicted octanol–water partition coefficient (Wildman–Crippen LogP) is 4.12. The zero-order valence-corrected chi connectivity index (χ0v) is 19.5. The molecule has 166 valence electrons. The second kappa shape index (κ2) is 8.99. The molecule has 1 atom stereocenters. The molecule has 1 unspecified atom stereocenters. The summed E-state index contributed by atoms with van der Waals surface area (Å²) in [7, 11) is 2.17. The van der Waals surface area contributed by atoms with E-state index in [9.17, 15) is 4.79 Å². The molecule has 31 heavy (non-hydrogen) atoms. The number of pyridine rings is 1. The molecule has 0 saturated carbocycles. The summed E-state index contributed by atoms with van der Waals surface area (Å²) in [5, 5.41) is 0. The van der Waals surface area contributed by atoms with Gasteiger partial charge in [0, 0.05) is 50.5 Å². The summed E-state index contributed by atoms with van der Waals surface area (Å²) in [4.78, 5) is 24.9. The highest BCUT2D eigenvalue weighted by Gasteiger charge is 2.31. The molecule has 2 aromatic rings. The number of amides is 1. The maximum absolute atomic E-state index is 13.4. The molecule has 0 bridgehead atoms. The van der Waals surface area contributed by atoms with E-state index in [2.05, 4.69) is 68.0 Å². The van der Waals surface area contributed by atoms with E-state index in [1.807, 2.05) is 17.2 Å². The van der Waals surface area contributed by atoms with Gasteiger partial charge in [0.1, 0.15) is 5.82 Å². The van der Waals surface area contributed by atoms with Gasteiger partial charge in [-0.1, -0.05) is 39.0 Å². The molecule has 1 amide bonds. The Bertz CT molecular complexity index is 894. The largest absolute Gasteiger partial charge is 0.354 e. The molecule has 5 nitrogen and oxygen atoms in total. The van der Waals surface area contributed by atoms with Crippen molar-refractivity contribution in [1.29, 1.82) is 0 Å². The van der Waals surface area contributed by atoms with E-state index in [1.54, 1.807) is 0 Å². The number of hydrogen-bond acceptors (Lipinski definition) is 4. The lowest BCUT2D eigenvalue weighted by Crippen LogP contribution is -2.45. The first-order valence-electron chi connectivity index (χ1n) is 11.6. The molecule has 1 aromatic heterocycles. The highest BCUT2D eigenvalue weighted by molar-refractivity contribution is 5.96. The van der Waals surface area contributed by atoms with Gasteiger partial charge in [0.25, 0.3) is 0 Å². The Morgan fingerprint density at radius 1 is 1.00 bits per heavy atom. The maximum atomic E-state index is 13.4. The third-order valence-corrected chi connectivity index (χ3v) is 6.73. The summed E-state index contributed by atoms with van der Waals surface area (Å²) in [6.07, 6.45) is 4.64. The Labute approximate surface area is 187 Å². The average molecular weight is 421 g/mol. The summed E-state index contributed by atoms with van der Waals surface area (Å²) in [5.41, 5.74) is 3.64. The monoisotopic (exact) mass is 420 g/mol. The van der Waals surface area contributed by atoms with Gasteiger partial charge in [-0.05, 0) is 61.1 Å². The van der Waals surface area contributed by atoms with Gasteiger partial charge in [0.2, 0.25) is 5.91 Å². The van der Waals surface area contributed by atoms with Crippen LogP contribution >= 0.6 is 0 Å². The molecule has 5 heteroatoms. The van der Waals surface area contributed by atoms with Crippen molar-refractivity contribution in [1.82, 2.24) is 9.88 Å². The lowest BCUT2D eigenvalue weighted by Gasteiger charge is -2.36. The highest BCUT2D eigenvalue weighted by atomic mass is 16.2. The first-order chi connectivity index (χ1) is 14.8. The summed E-state index contributed by atoms with van der Waals surface area (Å²) in [6, 6.07) is 12.7. The first-order valence-corrected chi connectivity index (χ1v) is 11.6. The fraction of sp³-hybridized carbons (Fsp3) is 0.538. The van der Waals surface area contributed by atoms with Crippen molar-refractivity contribution in [2.45, 2.75) is 45.4 Å². The highest BCUT2D eigenvalue weighted by Crippen LogP contribution is 2.31. The third kappa shape index (κ3) is 4.93. The smallest absolute Gasteiger partial charge is 0.230 e. The van der Waals surface area contributed by atoms with Crippen LogP contribution in [0.4, 0.5) is 11.5 Å². The minimum atomic E-state index is 0.0199. The van der Waals surface area contributed by atoms with E-state index in [0.717, 1.165) is 63.5 Å². The number of piperazine rings is 1. The van der Waals surface area contributed by atoms with Gasteiger partial charge in [-0.15, -0.1) is 0 Å². The number of piperidine rings is 1. The summed E-state index contributed by atoms with van der Waals surface area (Å²) < 4.78 is 0. The molecule has 4 rings (SSSR count). The van der Waals surface area contributed by atoms with Crippen molar-refractivity contribution in [3.63, 3.8) is 0 Å². The zero-order chi connectivity index (χ0) is 22.0. The zero-order valence-electron chi connectivity index (χ0n) is 19.5. The maximum Gasteiger partial charge on any atom is 0.230 e. The number of benzene rings is 1. The molecule has 0 aliphatic carbocycles. The van der Waals surface area contributed by atoms with E-state index in [1.165, 1.54) is 11.1 Å². The van der Waals surface area contributed by atoms with E-state index in [0.29, 0.717) is 0 Å². The molecule has 2 aliphatic heterocycles. The van der Waals surface area contributed by atoms with E-state index in [4.69, 9.17) is 4.98 Å². The SMILES string of the molecule is CN1CCN(c2ncccc2CC2CCCN(c3ccc(C(C)(C)C)cc3)C2=O)CC1. The van der Waals surface area contributed by atoms with Crippen LogP contribution in [-0.2, 0) is 16.6 Å². The van der Waals surface area contributed by atoms with Crippen LogP contribution in [0.15, 0.2) is 42.6 Å². The number of carbonyl (C=O) groups excluding carboxylic acids is 1. The molecule has 3 heterocycles. The van der Waals surface area contributed by atoms with Crippen molar-refractivity contribution in [3.05, 3.63) is 53.7 Å². The van der Waals surface area contributed by atoms with E-state index in [-0.39, 0.29) is 17.2 Å². The second-order valence-electron chi connectivity index (χ2n) is 10.1. The van der Waals surface area contributed by atoms with Crippen molar-refractivity contribution in [2.24, 2.45) is 5.92 Å². The molecular formula is C26H36N4O. The van der Waals surface area contributed by atoms with Crippen LogP contribution in [-0.4, -0.2) is 55.6 Å². The average Bonchev–Trinajstić information content (AvgIpc) is 2.76. The van der Waals surface area contributed by atoms with Gasteiger partial charge in [-0.2, -0.15) is 0 Å². The normalized spacial score (nSPS) is 20.9. The van der Waals surface area contributed by atoms with Crippen LogP contribution in [0.5, 0.6) is 0 Å². The van der Waals surface area contributed by atoms with Gasteiger partial charge < -0.3 is 14.7 Å². The fourth-order valence-electron chi connectivity index (χ4n) is 4.69. The number of likely N-dealkylation sites (N-methyl/N-ethyl adjacent to an activating group) is 1. The fourth-order valence-corrected chi connectivity index (χ4v) is 4.69. The Kier molecular flexibility index (Phi) is 6.33. The van der Waals surface area contributed by atoms with Crippen LogP contribution in [0.1, 0.15) is 44.7 Å². The predicted molar refractivity (Wildman–Crippen MR) is 128 cm³/mol. The Hall–Kier alpha value is -2.40. The van der Waals surface area contributed by atoms with Crippen molar-refractivity contribution < 1.29 is 4.79 Å². The lowest BCUT2D eigenvalue weighted by atomic mass is 9.86. The summed E-state index contributed by atoms with van der Waals surface area (Å²) >= 11 is 0. The molecule has 0 radical (unpaired) electrons. The van der Waals surface area contributed by atoms with Gasteiger partial charge in [0.15, 0.2) is 0 Å². The van der Waals surface area contributed by atoms with Crippen molar-refractivity contribution in [3.8, 4) is 0 Å². The van der Waals surface area contributed by atoms with E-state index >= 15 is 0 Å². The number of rotatable bonds is 4. The van der Waals surface area contributed by atoms with Crippen molar-refractivity contribution in [2.75, 3.05) is 49.6 Å². The molecular weight excluding hydrogens is 384 g/mol.